The van der Waals surface area contributed by atoms with Gasteiger partial charge in [0.1, 0.15) is 5.88 Å². The first-order valence-corrected chi connectivity index (χ1v) is 10.1. The van der Waals surface area contributed by atoms with Gasteiger partial charge in [-0.2, -0.15) is 0 Å². The molecule has 0 heterocycles. The first-order valence-electron chi connectivity index (χ1n) is 9.19. The van der Waals surface area contributed by atoms with Crippen molar-refractivity contribution in [3.8, 4) is 0 Å². The van der Waals surface area contributed by atoms with E-state index < -0.39 is 17.6 Å². The van der Waals surface area contributed by atoms with Gasteiger partial charge >= 0.3 is 0 Å². The van der Waals surface area contributed by atoms with Crippen molar-refractivity contribution in [1.82, 2.24) is 0 Å². The molecule has 2 N–H and O–H groups in total. The number of carbonyl (C=O) groups excluding carboxylic acids is 4. The van der Waals surface area contributed by atoms with E-state index in [1.807, 2.05) is 0 Å². The van der Waals surface area contributed by atoms with Gasteiger partial charge in [0.05, 0.1) is 27.5 Å². The number of fused-ring (bicyclic) bond motifs is 2. The third-order valence-electron chi connectivity index (χ3n) is 4.85. The molecule has 0 saturated carbocycles. The number of benzene rings is 3. The van der Waals surface area contributed by atoms with Gasteiger partial charge in [-0.25, -0.2) is 0 Å². The number of alkyl halides is 1. The van der Waals surface area contributed by atoms with Crippen molar-refractivity contribution < 1.29 is 19.2 Å². The predicted octanol–water partition coefficient (Wildman–Crippen LogP) is 4.55. The van der Waals surface area contributed by atoms with Gasteiger partial charge in [0, 0.05) is 16.7 Å². The van der Waals surface area contributed by atoms with Crippen LogP contribution < -0.4 is 10.6 Å². The van der Waals surface area contributed by atoms with Gasteiger partial charge in [-0.05, 0) is 24.3 Å². The van der Waals surface area contributed by atoms with Crippen molar-refractivity contribution in [3.63, 3.8) is 0 Å². The Morgan fingerprint density at radius 3 is 2.10 bits per heavy atom. The van der Waals surface area contributed by atoms with Crippen LogP contribution in [0.3, 0.4) is 0 Å². The number of rotatable bonds is 4. The molecule has 1 aliphatic rings. The van der Waals surface area contributed by atoms with Crippen LogP contribution in [0.15, 0.2) is 60.7 Å². The second-order valence-electron chi connectivity index (χ2n) is 6.73. The summed E-state index contributed by atoms with van der Waals surface area (Å²) in [5.41, 5.74) is 0.943. The largest absolute Gasteiger partial charge is 0.323 e. The highest BCUT2D eigenvalue weighted by molar-refractivity contribution is 6.35. The van der Waals surface area contributed by atoms with E-state index in [2.05, 4.69) is 10.6 Å². The van der Waals surface area contributed by atoms with Gasteiger partial charge in [0.25, 0.3) is 5.91 Å². The summed E-state index contributed by atoms with van der Waals surface area (Å²) in [6.07, 6.45) is 0. The molecule has 0 atom stereocenters. The van der Waals surface area contributed by atoms with Crippen LogP contribution in [-0.2, 0) is 4.79 Å². The van der Waals surface area contributed by atoms with Crippen LogP contribution in [0, 0.1) is 0 Å². The molecule has 0 spiro atoms. The van der Waals surface area contributed by atoms with Crippen LogP contribution in [0.1, 0.15) is 42.2 Å². The zero-order chi connectivity index (χ0) is 22.1. The fourth-order valence-corrected chi connectivity index (χ4v) is 3.72. The van der Waals surface area contributed by atoms with Crippen molar-refractivity contribution >= 4 is 58.0 Å². The smallest absolute Gasteiger partial charge is 0.257 e. The second kappa shape index (κ2) is 8.34. The first-order chi connectivity index (χ1) is 14.9. The van der Waals surface area contributed by atoms with Crippen molar-refractivity contribution in [2.24, 2.45) is 0 Å². The number of amides is 2. The van der Waals surface area contributed by atoms with Crippen molar-refractivity contribution in [2.75, 3.05) is 16.5 Å². The molecule has 154 valence electrons. The van der Waals surface area contributed by atoms with Gasteiger partial charge < -0.3 is 10.6 Å². The van der Waals surface area contributed by atoms with Gasteiger partial charge in [-0.1, -0.05) is 48.0 Å². The lowest BCUT2D eigenvalue weighted by Gasteiger charge is -2.23. The maximum atomic E-state index is 13.3. The Balaban J connectivity index is 1.88. The van der Waals surface area contributed by atoms with Crippen LogP contribution >= 0.6 is 23.2 Å². The highest BCUT2D eigenvalue weighted by Crippen LogP contribution is 2.37. The topological polar surface area (TPSA) is 92.3 Å². The summed E-state index contributed by atoms with van der Waals surface area (Å²) in [6, 6.07) is 15.7. The Morgan fingerprint density at radius 1 is 0.774 bits per heavy atom. The summed E-state index contributed by atoms with van der Waals surface area (Å²) in [5, 5.41) is 5.42. The molecular formula is C23H14Cl2N2O4. The highest BCUT2D eigenvalue weighted by Gasteiger charge is 2.33. The van der Waals surface area contributed by atoms with Gasteiger partial charge in [-0.15, -0.1) is 11.6 Å². The van der Waals surface area contributed by atoms with E-state index >= 15 is 0 Å². The average molecular weight is 453 g/mol. The Labute approximate surface area is 187 Å². The summed E-state index contributed by atoms with van der Waals surface area (Å²) in [7, 11) is 0. The Bertz CT molecular complexity index is 1270. The zero-order valence-electron chi connectivity index (χ0n) is 15.9. The molecule has 0 aromatic heterocycles. The average Bonchev–Trinajstić information content (AvgIpc) is 2.78. The lowest BCUT2D eigenvalue weighted by molar-refractivity contribution is -0.113. The van der Waals surface area contributed by atoms with Gasteiger partial charge in [-0.3, -0.25) is 19.2 Å². The molecule has 2 amide bonds. The highest BCUT2D eigenvalue weighted by atomic mass is 35.5. The summed E-state index contributed by atoms with van der Waals surface area (Å²) >= 11 is 11.7. The van der Waals surface area contributed by atoms with Gasteiger partial charge in [0.2, 0.25) is 5.91 Å². The summed E-state index contributed by atoms with van der Waals surface area (Å²) in [4.78, 5) is 51.2. The minimum atomic E-state index is -0.598. The number of hydrogen-bond donors (Lipinski definition) is 2. The van der Waals surface area contributed by atoms with E-state index in [4.69, 9.17) is 23.2 Å². The maximum Gasteiger partial charge on any atom is 0.257 e. The van der Waals surface area contributed by atoms with Crippen LogP contribution in [0.25, 0.3) is 0 Å². The fourth-order valence-electron chi connectivity index (χ4n) is 3.43. The molecule has 3 aromatic rings. The van der Waals surface area contributed by atoms with E-state index in [0.29, 0.717) is 0 Å². The van der Waals surface area contributed by atoms with Crippen LogP contribution in [-0.4, -0.2) is 29.3 Å². The third kappa shape index (κ3) is 3.71. The summed E-state index contributed by atoms with van der Waals surface area (Å²) in [6.45, 7) is 0. The van der Waals surface area contributed by atoms with Crippen LogP contribution in [0.2, 0.25) is 5.02 Å². The van der Waals surface area contributed by atoms with Crippen LogP contribution in [0.4, 0.5) is 11.4 Å². The molecular weight excluding hydrogens is 439 g/mol. The minimum absolute atomic E-state index is 0.00326. The molecule has 0 bridgehead atoms. The molecule has 31 heavy (non-hydrogen) atoms. The van der Waals surface area contributed by atoms with E-state index in [9.17, 15) is 19.2 Å². The lowest BCUT2D eigenvalue weighted by Crippen LogP contribution is -2.26. The predicted molar refractivity (Wildman–Crippen MR) is 119 cm³/mol. The summed E-state index contributed by atoms with van der Waals surface area (Å²) < 4.78 is 0. The van der Waals surface area contributed by atoms with Crippen molar-refractivity contribution in [1.29, 1.82) is 0 Å². The third-order valence-corrected chi connectivity index (χ3v) is 5.42. The fraction of sp³-hybridized carbons (Fsp3) is 0.0435. The number of carbonyl (C=O) groups is 4. The molecule has 1 aliphatic carbocycles. The Hall–Kier alpha value is -3.48. The maximum absolute atomic E-state index is 13.3. The standard InChI is InChI=1S/C23H14Cl2N2O4/c24-11-18(28)26-17-10-9-15-19(22(30)13-6-2-1-5-12(13)21(15)29)20(17)27-23(31)14-7-3-4-8-16(14)25/h1-10H,11H2,(H,26,28)(H,27,31). The first kappa shape index (κ1) is 20.8. The van der Waals surface area contributed by atoms with E-state index in [-0.39, 0.29) is 55.9 Å². The second-order valence-corrected chi connectivity index (χ2v) is 7.40. The Kier molecular flexibility index (Phi) is 5.59. The SMILES string of the molecule is O=C(CCl)Nc1ccc2c(c1NC(=O)c1ccccc1Cl)C(=O)c1ccccc1C2=O. The molecule has 8 heteroatoms. The molecule has 4 rings (SSSR count). The number of ketones is 2. The molecule has 0 unspecified atom stereocenters. The molecule has 0 saturated heterocycles. The Morgan fingerprint density at radius 2 is 1.42 bits per heavy atom. The van der Waals surface area contributed by atoms with Crippen molar-refractivity contribution in [3.05, 3.63) is 93.5 Å². The van der Waals surface area contributed by atoms with E-state index in [0.717, 1.165) is 0 Å². The van der Waals surface area contributed by atoms with Crippen molar-refractivity contribution in [2.45, 2.75) is 0 Å². The van der Waals surface area contributed by atoms with E-state index in [1.165, 1.54) is 18.2 Å². The zero-order valence-corrected chi connectivity index (χ0v) is 17.4. The monoisotopic (exact) mass is 452 g/mol. The molecule has 0 aliphatic heterocycles. The molecule has 0 radical (unpaired) electrons. The number of hydrogen-bond acceptors (Lipinski definition) is 4. The van der Waals surface area contributed by atoms with Gasteiger partial charge in [0.15, 0.2) is 11.6 Å². The van der Waals surface area contributed by atoms with E-state index in [1.54, 1.807) is 42.5 Å². The summed E-state index contributed by atoms with van der Waals surface area (Å²) in [5.74, 6) is -2.26. The number of halogens is 2. The number of anilines is 2. The van der Waals surface area contributed by atoms with Crippen LogP contribution in [0.5, 0.6) is 0 Å². The minimum Gasteiger partial charge on any atom is -0.323 e. The lowest BCUT2D eigenvalue weighted by atomic mass is 9.82. The number of nitrogens with one attached hydrogen (secondary N) is 2. The molecule has 3 aromatic carbocycles. The molecule has 0 fully saturated rings. The normalized spacial score (nSPS) is 12.1. The quantitative estimate of drug-likeness (QED) is 0.444. The molecule has 6 nitrogen and oxygen atoms in total.